The summed E-state index contributed by atoms with van der Waals surface area (Å²) in [6.07, 6.45) is 1.94. The molecule has 0 heterocycles. The summed E-state index contributed by atoms with van der Waals surface area (Å²) in [5.74, 6) is 0. The van der Waals surface area contributed by atoms with E-state index in [4.69, 9.17) is 5.73 Å². The molecule has 0 aromatic carbocycles. The highest BCUT2D eigenvalue weighted by atomic mass is 14.7. The second kappa shape index (κ2) is 4.94. The summed E-state index contributed by atoms with van der Waals surface area (Å²) < 4.78 is 0. The van der Waals surface area contributed by atoms with E-state index in [2.05, 4.69) is 18.8 Å². The Labute approximate surface area is 69.2 Å². The summed E-state index contributed by atoms with van der Waals surface area (Å²) in [5, 5.41) is 0. The molecule has 2 heteroatoms. The first-order valence-corrected chi connectivity index (χ1v) is 4.08. The Bertz CT molecular complexity index is 174. The predicted molar refractivity (Wildman–Crippen MR) is 50.8 cm³/mol. The van der Waals surface area contributed by atoms with Crippen LogP contribution >= 0.6 is 0 Å². The van der Waals surface area contributed by atoms with Gasteiger partial charge in [0, 0.05) is 18.5 Å². The van der Waals surface area contributed by atoms with Crippen molar-refractivity contribution < 1.29 is 0 Å². The van der Waals surface area contributed by atoms with Crippen molar-refractivity contribution in [2.75, 3.05) is 7.05 Å². The van der Waals surface area contributed by atoms with Crippen LogP contribution in [0.25, 0.3) is 0 Å². The molecule has 0 aliphatic heterocycles. The van der Waals surface area contributed by atoms with Gasteiger partial charge in [-0.05, 0) is 25.3 Å². The molecular weight excluding hydrogens is 136 g/mol. The number of nitrogens with two attached hydrogens (primary N) is 1. The van der Waals surface area contributed by atoms with Crippen LogP contribution in [0.1, 0.15) is 33.6 Å². The first-order chi connectivity index (χ1) is 5.17. The smallest absolute Gasteiger partial charge is 0.0390 e. The van der Waals surface area contributed by atoms with E-state index in [-0.39, 0.29) is 0 Å². The Morgan fingerprint density at radius 3 is 1.91 bits per heavy atom. The summed E-state index contributed by atoms with van der Waals surface area (Å²) >= 11 is 0. The van der Waals surface area contributed by atoms with Gasteiger partial charge in [-0.15, -0.1) is 0 Å². The van der Waals surface area contributed by atoms with Crippen molar-refractivity contribution in [1.29, 1.82) is 0 Å². The van der Waals surface area contributed by atoms with Gasteiger partial charge in [-0.2, -0.15) is 0 Å². The molecule has 0 aromatic heterocycles. The molecular formula is C9H18N2. The maximum Gasteiger partial charge on any atom is 0.0390 e. The molecule has 0 atom stereocenters. The van der Waals surface area contributed by atoms with Crippen LogP contribution in [0.2, 0.25) is 0 Å². The fourth-order valence-electron chi connectivity index (χ4n) is 1.22. The highest BCUT2D eigenvalue weighted by Gasteiger charge is 2.03. The summed E-state index contributed by atoms with van der Waals surface area (Å²) in [5.41, 5.74) is 8.93. The van der Waals surface area contributed by atoms with E-state index in [9.17, 15) is 0 Å². The molecule has 0 saturated heterocycles. The van der Waals surface area contributed by atoms with Crippen LogP contribution in [0, 0.1) is 0 Å². The highest BCUT2D eigenvalue weighted by molar-refractivity contribution is 6.00. The fourth-order valence-corrected chi connectivity index (χ4v) is 1.22. The van der Waals surface area contributed by atoms with Gasteiger partial charge in [0.2, 0.25) is 0 Å². The van der Waals surface area contributed by atoms with Crippen molar-refractivity contribution in [3.63, 3.8) is 0 Å². The van der Waals surface area contributed by atoms with Crippen LogP contribution in [-0.2, 0) is 0 Å². The van der Waals surface area contributed by atoms with Crippen LogP contribution in [0.3, 0.4) is 0 Å². The van der Waals surface area contributed by atoms with Gasteiger partial charge in [-0.1, -0.05) is 13.8 Å². The molecule has 0 spiro atoms. The standard InChI is InChI=1S/C9H18N2/c1-5-8(7(3)10)9(6-2)11-4/h5-6,10H2,1-4H3/b8-7+,11-9?. The molecule has 0 fully saturated rings. The van der Waals surface area contributed by atoms with E-state index < -0.39 is 0 Å². The average molecular weight is 154 g/mol. The Hall–Kier alpha value is -0.790. The molecule has 11 heavy (non-hydrogen) atoms. The van der Waals surface area contributed by atoms with Crippen LogP contribution < -0.4 is 5.73 Å². The largest absolute Gasteiger partial charge is 0.402 e. The average Bonchev–Trinajstić information content (AvgIpc) is 1.99. The molecule has 0 radical (unpaired) electrons. The Morgan fingerprint density at radius 2 is 1.82 bits per heavy atom. The van der Waals surface area contributed by atoms with Gasteiger partial charge >= 0.3 is 0 Å². The molecule has 64 valence electrons. The lowest BCUT2D eigenvalue weighted by Gasteiger charge is -2.07. The van der Waals surface area contributed by atoms with Gasteiger partial charge in [0.05, 0.1) is 0 Å². The van der Waals surface area contributed by atoms with Gasteiger partial charge < -0.3 is 5.73 Å². The van der Waals surface area contributed by atoms with E-state index in [1.54, 1.807) is 0 Å². The fraction of sp³-hybridized carbons (Fsp3) is 0.667. The van der Waals surface area contributed by atoms with Gasteiger partial charge in [0.25, 0.3) is 0 Å². The molecule has 2 N–H and O–H groups in total. The van der Waals surface area contributed by atoms with E-state index in [0.29, 0.717) is 0 Å². The maximum atomic E-state index is 5.70. The minimum absolute atomic E-state index is 0.898. The quantitative estimate of drug-likeness (QED) is 0.621. The Balaban J connectivity index is 4.64. The van der Waals surface area contributed by atoms with E-state index in [1.165, 1.54) is 5.57 Å². The summed E-state index contributed by atoms with van der Waals surface area (Å²) in [7, 11) is 1.82. The third-order valence-corrected chi connectivity index (χ3v) is 1.78. The summed E-state index contributed by atoms with van der Waals surface area (Å²) in [6.45, 7) is 6.13. The Kier molecular flexibility index (Phi) is 4.59. The minimum atomic E-state index is 0.898. The van der Waals surface area contributed by atoms with Gasteiger partial charge in [-0.3, -0.25) is 4.99 Å². The lowest BCUT2D eigenvalue weighted by molar-refractivity contribution is 1.07. The first-order valence-electron chi connectivity index (χ1n) is 4.08. The topological polar surface area (TPSA) is 38.4 Å². The SMILES string of the molecule is CCC(=NC)/C(CC)=C(\C)N. The van der Waals surface area contributed by atoms with Crippen molar-refractivity contribution in [2.45, 2.75) is 33.6 Å². The number of rotatable bonds is 3. The maximum absolute atomic E-state index is 5.70. The highest BCUT2D eigenvalue weighted by Crippen LogP contribution is 2.09. The second-order valence-electron chi connectivity index (χ2n) is 2.54. The van der Waals surface area contributed by atoms with E-state index in [0.717, 1.165) is 24.3 Å². The molecule has 0 amide bonds. The minimum Gasteiger partial charge on any atom is -0.402 e. The van der Waals surface area contributed by atoms with Gasteiger partial charge in [-0.25, -0.2) is 0 Å². The van der Waals surface area contributed by atoms with Crippen molar-refractivity contribution in [3.05, 3.63) is 11.3 Å². The number of hydrogen-bond acceptors (Lipinski definition) is 2. The molecule has 2 nitrogen and oxygen atoms in total. The third-order valence-electron chi connectivity index (χ3n) is 1.78. The number of allylic oxidation sites excluding steroid dienone is 2. The molecule has 0 rings (SSSR count). The van der Waals surface area contributed by atoms with Crippen LogP contribution in [0.4, 0.5) is 0 Å². The van der Waals surface area contributed by atoms with Crippen molar-refractivity contribution in [3.8, 4) is 0 Å². The predicted octanol–water partition coefficient (Wildman–Crippen LogP) is 2.11. The Morgan fingerprint density at radius 1 is 1.27 bits per heavy atom. The van der Waals surface area contributed by atoms with Crippen molar-refractivity contribution in [1.82, 2.24) is 0 Å². The van der Waals surface area contributed by atoms with E-state index in [1.807, 2.05) is 14.0 Å². The normalized spacial score (nSPS) is 14.7. The molecule has 0 aliphatic rings. The van der Waals surface area contributed by atoms with Crippen molar-refractivity contribution >= 4 is 5.71 Å². The van der Waals surface area contributed by atoms with Crippen LogP contribution in [0.15, 0.2) is 16.3 Å². The molecule has 0 bridgehead atoms. The summed E-state index contributed by atoms with van der Waals surface area (Å²) in [4.78, 5) is 4.18. The van der Waals surface area contributed by atoms with E-state index >= 15 is 0 Å². The molecule has 0 saturated carbocycles. The lowest BCUT2D eigenvalue weighted by atomic mass is 10.0. The third kappa shape index (κ3) is 2.74. The zero-order valence-electron chi connectivity index (χ0n) is 7.94. The lowest BCUT2D eigenvalue weighted by Crippen LogP contribution is -2.07. The monoisotopic (exact) mass is 154 g/mol. The number of nitrogens with zero attached hydrogens (tertiary/aromatic N) is 1. The van der Waals surface area contributed by atoms with Crippen LogP contribution in [-0.4, -0.2) is 12.8 Å². The van der Waals surface area contributed by atoms with Gasteiger partial charge in [0.15, 0.2) is 0 Å². The second-order valence-corrected chi connectivity index (χ2v) is 2.54. The van der Waals surface area contributed by atoms with Gasteiger partial charge in [0.1, 0.15) is 0 Å². The molecule has 0 aliphatic carbocycles. The number of hydrogen-bond donors (Lipinski definition) is 1. The molecule has 0 aromatic rings. The van der Waals surface area contributed by atoms with Crippen molar-refractivity contribution in [2.24, 2.45) is 10.7 Å². The first kappa shape index (κ1) is 10.2. The summed E-state index contributed by atoms with van der Waals surface area (Å²) in [6, 6.07) is 0. The number of aliphatic imine (C=N–C) groups is 1. The zero-order valence-corrected chi connectivity index (χ0v) is 7.94. The zero-order chi connectivity index (χ0) is 8.85. The van der Waals surface area contributed by atoms with Crippen LogP contribution in [0.5, 0.6) is 0 Å². The molecule has 0 unspecified atom stereocenters.